The summed E-state index contributed by atoms with van der Waals surface area (Å²) in [5.74, 6) is 0.543. The van der Waals surface area contributed by atoms with E-state index < -0.39 is 0 Å². The predicted octanol–water partition coefficient (Wildman–Crippen LogP) is 5.56. The second-order valence-electron chi connectivity index (χ2n) is 5.98. The van der Waals surface area contributed by atoms with Crippen molar-refractivity contribution in [3.05, 3.63) is 78.0 Å². The monoisotopic (exact) mass is 378 g/mol. The van der Waals surface area contributed by atoms with Gasteiger partial charge in [0.25, 0.3) is 0 Å². The molecule has 3 rings (SSSR count). The third-order valence-electron chi connectivity index (χ3n) is 3.97. The lowest BCUT2D eigenvalue weighted by atomic mass is 10.1. The van der Waals surface area contributed by atoms with Gasteiger partial charge in [0.1, 0.15) is 0 Å². The zero-order valence-corrected chi connectivity index (χ0v) is 16.1. The largest absolute Gasteiger partial charge is 0.466 e. The first-order chi connectivity index (χ1) is 13.2. The van der Waals surface area contributed by atoms with Gasteiger partial charge in [0.2, 0.25) is 0 Å². The molecule has 0 radical (unpaired) electrons. The number of rotatable bonds is 6. The molecule has 2 aromatic carbocycles. The summed E-state index contributed by atoms with van der Waals surface area (Å²) in [6.45, 7) is 5.96. The molecule has 5 heteroatoms. The molecule has 27 heavy (non-hydrogen) atoms. The number of aliphatic imine (C=N–C) groups is 1. The Labute approximate surface area is 164 Å². The lowest BCUT2D eigenvalue weighted by Gasteiger charge is -2.10. The van der Waals surface area contributed by atoms with Crippen molar-refractivity contribution >= 4 is 40.2 Å². The number of hydrogen-bond acceptors (Lipinski definition) is 5. The molecule has 0 amide bonds. The number of benzene rings is 2. The van der Waals surface area contributed by atoms with E-state index in [1.807, 2.05) is 43.3 Å². The van der Waals surface area contributed by atoms with Crippen molar-refractivity contribution in [1.29, 1.82) is 0 Å². The summed E-state index contributed by atoms with van der Waals surface area (Å²) in [4.78, 5) is 16.7. The standard InChI is InChI=1S/C22H22N2O2S/c1-3-16-9-11-17(12-10-16)15-27-21-13-18(14-22(25)26-4-2)23-19-7-5-6-8-20(19)24-21/h3,5-13,23H,1,4,14-15H2,2H3. The summed E-state index contributed by atoms with van der Waals surface area (Å²) < 4.78 is 5.09. The van der Waals surface area contributed by atoms with E-state index in [1.54, 1.807) is 11.8 Å². The SMILES string of the molecule is C=Cc1ccc(CSC2=Nc3ccccc3NC(CC(=O)OCC)=C2)cc1. The third-order valence-corrected chi connectivity index (χ3v) is 4.95. The number of para-hydroxylation sites is 2. The topological polar surface area (TPSA) is 50.7 Å². The van der Waals surface area contributed by atoms with Crippen molar-refractivity contribution in [3.63, 3.8) is 0 Å². The molecule has 0 bridgehead atoms. The summed E-state index contributed by atoms with van der Waals surface area (Å²) >= 11 is 1.64. The van der Waals surface area contributed by atoms with Gasteiger partial charge >= 0.3 is 5.97 Å². The van der Waals surface area contributed by atoms with Crippen LogP contribution in [0.15, 0.2) is 71.9 Å². The fourth-order valence-electron chi connectivity index (χ4n) is 2.63. The van der Waals surface area contributed by atoms with E-state index in [9.17, 15) is 4.79 Å². The Morgan fingerprint density at radius 2 is 2.00 bits per heavy atom. The summed E-state index contributed by atoms with van der Waals surface area (Å²) in [7, 11) is 0. The van der Waals surface area contributed by atoms with Crippen molar-refractivity contribution < 1.29 is 9.53 Å². The summed E-state index contributed by atoms with van der Waals surface area (Å²) in [5.41, 5.74) is 4.84. The highest BCUT2D eigenvalue weighted by molar-refractivity contribution is 8.13. The molecule has 0 unspecified atom stereocenters. The van der Waals surface area contributed by atoms with Gasteiger partial charge in [0.15, 0.2) is 0 Å². The highest BCUT2D eigenvalue weighted by atomic mass is 32.2. The Hall–Kier alpha value is -2.79. The molecule has 0 saturated carbocycles. The molecule has 138 valence electrons. The zero-order valence-electron chi connectivity index (χ0n) is 15.3. The first-order valence-electron chi connectivity index (χ1n) is 8.83. The quantitative estimate of drug-likeness (QED) is 0.669. The highest BCUT2D eigenvalue weighted by Gasteiger charge is 2.14. The number of thioether (sulfide) groups is 1. The minimum absolute atomic E-state index is 0.190. The maximum Gasteiger partial charge on any atom is 0.311 e. The van der Waals surface area contributed by atoms with Crippen LogP contribution >= 0.6 is 11.8 Å². The molecule has 1 aliphatic rings. The summed E-state index contributed by atoms with van der Waals surface area (Å²) in [5, 5.41) is 4.17. The van der Waals surface area contributed by atoms with Crippen LogP contribution in [-0.2, 0) is 15.3 Å². The van der Waals surface area contributed by atoms with Crippen molar-refractivity contribution in [2.24, 2.45) is 4.99 Å². The fraction of sp³-hybridized carbons (Fsp3) is 0.182. The Kier molecular flexibility index (Phi) is 6.49. The Balaban J connectivity index is 1.79. The molecule has 1 N–H and O–H groups in total. The van der Waals surface area contributed by atoms with Crippen LogP contribution in [0.25, 0.3) is 6.08 Å². The Bertz CT molecular complexity index is 885. The van der Waals surface area contributed by atoms with Crippen molar-refractivity contribution in [3.8, 4) is 0 Å². The van der Waals surface area contributed by atoms with Crippen molar-refractivity contribution in [2.75, 3.05) is 11.9 Å². The Morgan fingerprint density at radius 3 is 2.74 bits per heavy atom. The number of fused-ring (bicyclic) bond motifs is 1. The molecule has 4 nitrogen and oxygen atoms in total. The molecule has 0 atom stereocenters. The second kappa shape index (κ2) is 9.24. The average molecular weight is 378 g/mol. The fourth-order valence-corrected chi connectivity index (χ4v) is 3.53. The molecule has 1 aliphatic heterocycles. The van der Waals surface area contributed by atoms with E-state index >= 15 is 0 Å². The number of carbonyl (C=O) groups excluding carboxylic acids is 1. The van der Waals surface area contributed by atoms with Gasteiger partial charge in [-0.1, -0.05) is 49.1 Å². The number of ether oxygens (including phenoxy) is 1. The lowest BCUT2D eigenvalue weighted by molar-refractivity contribution is -0.142. The number of carbonyl (C=O) groups is 1. The number of nitrogens with one attached hydrogen (secondary N) is 1. The van der Waals surface area contributed by atoms with Crippen LogP contribution in [0.3, 0.4) is 0 Å². The molecule has 0 fully saturated rings. The van der Waals surface area contributed by atoms with Gasteiger partial charge in [-0.05, 0) is 36.3 Å². The number of anilines is 1. The number of hydrogen-bond donors (Lipinski definition) is 1. The molecule has 2 aromatic rings. The van der Waals surface area contributed by atoms with Crippen LogP contribution in [0.2, 0.25) is 0 Å². The van der Waals surface area contributed by atoms with Crippen molar-refractivity contribution in [1.82, 2.24) is 0 Å². The molecule has 0 saturated heterocycles. The third kappa shape index (κ3) is 5.34. The lowest BCUT2D eigenvalue weighted by Crippen LogP contribution is -2.10. The predicted molar refractivity (Wildman–Crippen MR) is 114 cm³/mol. The summed E-state index contributed by atoms with van der Waals surface area (Å²) in [6.07, 6.45) is 3.95. The van der Waals surface area contributed by atoms with Crippen LogP contribution in [-0.4, -0.2) is 17.6 Å². The van der Waals surface area contributed by atoms with Crippen LogP contribution in [0.4, 0.5) is 11.4 Å². The van der Waals surface area contributed by atoms with Gasteiger partial charge in [0, 0.05) is 11.4 Å². The van der Waals surface area contributed by atoms with Gasteiger partial charge in [-0.15, -0.1) is 11.8 Å². The van der Waals surface area contributed by atoms with Crippen LogP contribution in [0, 0.1) is 0 Å². The van der Waals surface area contributed by atoms with Crippen LogP contribution in [0.5, 0.6) is 0 Å². The smallest absolute Gasteiger partial charge is 0.311 e. The molecule has 0 spiro atoms. The summed E-state index contributed by atoms with van der Waals surface area (Å²) in [6, 6.07) is 16.1. The first kappa shape index (κ1) is 19.0. The van der Waals surface area contributed by atoms with Gasteiger partial charge in [0.05, 0.1) is 29.4 Å². The maximum atomic E-state index is 11.9. The van der Waals surface area contributed by atoms with Crippen LogP contribution in [0.1, 0.15) is 24.5 Å². The normalized spacial score (nSPS) is 12.8. The van der Waals surface area contributed by atoms with E-state index in [0.717, 1.165) is 33.4 Å². The zero-order chi connectivity index (χ0) is 19.1. The minimum Gasteiger partial charge on any atom is -0.466 e. The van der Waals surface area contributed by atoms with Crippen LogP contribution < -0.4 is 5.32 Å². The first-order valence-corrected chi connectivity index (χ1v) is 9.81. The minimum atomic E-state index is -0.250. The van der Waals surface area contributed by atoms with Crippen molar-refractivity contribution in [2.45, 2.75) is 19.1 Å². The maximum absolute atomic E-state index is 11.9. The Morgan fingerprint density at radius 1 is 1.22 bits per heavy atom. The van der Waals surface area contributed by atoms with Gasteiger partial charge in [-0.2, -0.15) is 0 Å². The van der Waals surface area contributed by atoms with E-state index in [0.29, 0.717) is 6.61 Å². The van der Waals surface area contributed by atoms with Gasteiger partial charge in [-0.3, -0.25) is 4.79 Å². The van der Waals surface area contributed by atoms with E-state index in [4.69, 9.17) is 9.73 Å². The highest BCUT2D eigenvalue weighted by Crippen LogP contribution is 2.31. The molecule has 0 aliphatic carbocycles. The van der Waals surface area contributed by atoms with E-state index in [-0.39, 0.29) is 12.4 Å². The van der Waals surface area contributed by atoms with E-state index in [1.165, 1.54) is 5.56 Å². The van der Waals surface area contributed by atoms with Gasteiger partial charge < -0.3 is 10.1 Å². The van der Waals surface area contributed by atoms with E-state index in [2.05, 4.69) is 36.2 Å². The second-order valence-corrected chi connectivity index (χ2v) is 6.97. The molecule has 0 aromatic heterocycles. The number of nitrogens with zero attached hydrogens (tertiary/aromatic N) is 1. The molecular formula is C22H22N2O2S. The van der Waals surface area contributed by atoms with Gasteiger partial charge in [-0.25, -0.2) is 4.99 Å². The average Bonchev–Trinajstić information content (AvgIpc) is 2.85. The molecule has 1 heterocycles. The molecular weight excluding hydrogens is 356 g/mol. The number of esters is 1.